The fraction of sp³-hybridized carbons (Fsp3) is 0.148. The first-order chi connectivity index (χ1) is 14.6. The molecule has 0 unspecified atom stereocenters. The topological polar surface area (TPSA) is 54.4 Å². The van der Waals surface area contributed by atoms with Crippen molar-refractivity contribution in [2.45, 2.75) is 26.2 Å². The summed E-state index contributed by atoms with van der Waals surface area (Å²) in [5.41, 5.74) is 4.06. The fourth-order valence-electron chi connectivity index (χ4n) is 3.72. The van der Waals surface area contributed by atoms with Crippen molar-refractivity contribution >= 4 is 33.3 Å². The molecule has 4 rings (SSSR count). The van der Waals surface area contributed by atoms with E-state index in [1.807, 2.05) is 12.1 Å². The molecule has 0 aliphatic heterocycles. The number of hydrogen-bond donors (Lipinski definition) is 1. The highest BCUT2D eigenvalue weighted by atomic mass is 16.3. The van der Waals surface area contributed by atoms with E-state index < -0.39 is 0 Å². The van der Waals surface area contributed by atoms with Gasteiger partial charge in [0.05, 0.1) is 0 Å². The summed E-state index contributed by atoms with van der Waals surface area (Å²) < 4.78 is 0. The standard InChI is InChI=1S/C26H24O.CO2/c1-2-5-20(24-13-12-21-6-3-4-7-22(21)17-24)10-8-19-9-11-25-18-26(27)15-14-23(25)16-19;2-1-3/h3-7,9,11-18,27H,2,8,10H2,1H3;/b20-5+;. The third kappa shape index (κ3) is 5.22. The van der Waals surface area contributed by atoms with Crippen molar-refractivity contribution in [1.82, 2.24) is 0 Å². The first-order valence-corrected chi connectivity index (χ1v) is 10.0. The van der Waals surface area contributed by atoms with Crippen molar-refractivity contribution in [2.24, 2.45) is 0 Å². The van der Waals surface area contributed by atoms with E-state index in [1.54, 1.807) is 6.07 Å². The zero-order chi connectivity index (χ0) is 21.3. The molecule has 150 valence electrons. The molecular formula is C27H24O3. The highest BCUT2D eigenvalue weighted by molar-refractivity contribution is 5.87. The summed E-state index contributed by atoms with van der Waals surface area (Å²) in [7, 11) is 0. The summed E-state index contributed by atoms with van der Waals surface area (Å²) in [4.78, 5) is 16.2. The van der Waals surface area contributed by atoms with Gasteiger partial charge < -0.3 is 5.11 Å². The quantitative estimate of drug-likeness (QED) is 0.417. The highest BCUT2D eigenvalue weighted by Crippen LogP contribution is 2.27. The number of phenols is 1. The number of carbonyl (C=O) groups excluding carboxylic acids is 2. The van der Waals surface area contributed by atoms with Gasteiger partial charge in [-0.3, -0.25) is 0 Å². The van der Waals surface area contributed by atoms with Crippen LogP contribution >= 0.6 is 0 Å². The molecule has 3 heteroatoms. The lowest BCUT2D eigenvalue weighted by Gasteiger charge is -2.10. The molecule has 1 N–H and O–H groups in total. The second kappa shape index (κ2) is 10.2. The number of allylic oxidation sites excluding steroid dienone is 2. The van der Waals surface area contributed by atoms with Crippen LogP contribution < -0.4 is 0 Å². The number of fused-ring (bicyclic) bond motifs is 2. The Labute approximate surface area is 176 Å². The zero-order valence-corrected chi connectivity index (χ0v) is 17.0. The fourth-order valence-corrected chi connectivity index (χ4v) is 3.72. The van der Waals surface area contributed by atoms with Crippen molar-refractivity contribution in [3.63, 3.8) is 0 Å². The summed E-state index contributed by atoms with van der Waals surface area (Å²) in [6.45, 7) is 2.20. The van der Waals surface area contributed by atoms with Crippen LogP contribution in [0.1, 0.15) is 30.9 Å². The number of hydrogen-bond acceptors (Lipinski definition) is 3. The number of phenolic OH excluding ortho intramolecular Hbond substituents is 1. The van der Waals surface area contributed by atoms with Gasteiger partial charge in [0.25, 0.3) is 0 Å². The van der Waals surface area contributed by atoms with Crippen LogP contribution in [0.25, 0.3) is 27.1 Å². The van der Waals surface area contributed by atoms with Crippen LogP contribution in [0.15, 0.2) is 84.9 Å². The molecule has 0 aliphatic carbocycles. The minimum absolute atomic E-state index is 0.250. The van der Waals surface area contributed by atoms with Gasteiger partial charge in [-0.15, -0.1) is 0 Å². The molecule has 0 fully saturated rings. The largest absolute Gasteiger partial charge is 0.508 e. The lowest BCUT2D eigenvalue weighted by atomic mass is 9.94. The van der Waals surface area contributed by atoms with E-state index in [-0.39, 0.29) is 6.15 Å². The highest BCUT2D eigenvalue weighted by Gasteiger charge is 2.05. The summed E-state index contributed by atoms with van der Waals surface area (Å²) in [6.07, 6.45) is 5.67. The van der Waals surface area contributed by atoms with Crippen molar-refractivity contribution in [2.75, 3.05) is 0 Å². The van der Waals surface area contributed by atoms with Crippen LogP contribution in [-0.4, -0.2) is 11.3 Å². The normalized spacial score (nSPS) is 11.0. The molecule has 0 saturated heterocycles. The second-order valence-electron chi connectivity index (χ2n) is 7.15. The SMILES string of the molecule is CC/C=C(\CCc1ccc2cc(O)ccc2c1)c1ccc2ccccc2c1.O=C=O. The van der Waals surface area contributed by atoms with Crippen LogP contribution in [0.5, 0.6) is 5.75 Å². The molecule has 0 amide bonds. The third-order valence-corrected chi connectivity index (χ3v) is 5.14. The maximum atomic E-state index is 9.63. The number of aromatic hydroxyl groups is 1. The van der Waals surface area contributed by atoms with Crippen molar-refractivity contribution in [1.29, 1.82) is 0 Å². The molecule has 0 saturated carbocycles. The second-order valence-corrected chi connectivity index (χ2v) is 7.15. The molecule has 3 nitrogen and oxygen atoms in total. The van der Waals surface area contributed by atoms with E-state index in [1.165, 1.54) is 32.9 Å². The van der Waals surface area contributed by atoms with E-state index in [9.17, 15) is 5.11 Å². The van der Waals surface area contributed by atoms with Crippen molar-refractivity contribution < 1.29 is 14.7 Å². The lowest BCUT2D eigenvalue weighted by Crippen LogP contribution is -1.91. The van der Waals surface area contributed by atoms with Crippen molar-refractivity contribution in [3.05, 3.63) is 96.1 Å². The van der Waals surface area contributed by atoms with Crippen LogP contribution in [-0.2, 0) is 16.0 Å². The maximum Gasteiger partial charge on any atom is 0.373 e. The van der Waals surface area contributed by atoms with Gasteiger partial charge >= 0.3 is 6.15 Å². The molecule has 0 bridgehead atoms. The molecule has 0 spiro atoms. The summed E-state index contributed by atoms with van der Waals surface area (Å²) in [6, 6.07) is 27.4. The average Bonchev–Trinajstić information content (AvgIpc) is 2.77. The average molecular weight is 396 g/mol. The maximum absolute atomic E-state index is 9.63. The van der Waals surface area contributed by atoms with Gasteiger partial charge in [0, 0.05) is 0 Å². The van der Waals surface area contributed by atoms with E-state index in [0.29, 0.717) is 5.75 Å². The Morgan fingerprint density at radius 2 is 1.47 bits per heavy atom. The molecule has 4 aromatic carbocycles. The number of rotatable bonds is 5. The Bertz CT molecular complexity index is 1220. The smallest absolute Gasteiger partial charge is 0.373 e. The Morgan fingerprint density at radius 1 is 0.833 bits per heavy atom. The molecule has 0 atom stereocenters. The Balaban J connectivity index is 0.000000806. The van der Waals surface area contributed by atoms with Crippen LogP contribution in [0.2, 0.25) is 0 Å². The first-order valence-electron chi connectivity index (χ1n) is 10.0. The van der Waals surface area contributed by atoms with Crippen LogP contribution in [0.4, 0.5) is 0 Å². The monoisotopic (exact) mass is 396 g/mol. The Hall–Kier alpha value is -3.68. The number of benzene rings is 4. The van der Waals surface area contributed by atoms with Gasteiger partial charge in [0.15, 0.2) is 0 Å². The Kier molecular flexibility index (Phi) is 7.15. The van der Waals surface area contributed by atoms with Gasteiger partial charge in [0.2, 0.25) is 0 Å². The summed E-state index contributed by atoms with van der Waals surface area (Å²) >= 11 is 0. The van der Waals surface area contributed by atoms with Crippen LogP contribution in [0, 0.1) is 0 Å². The third-order valence-electron chi connectivity index (χ3n) is 5.14. The summed E-state index contributed by atoms with van der Waals surface area (Å²) in [5.74, 6) is 0.319. The molecule has 0 radical (unpaired) electrons. The molecule has 30 heavy (non-hydrogen) atoms. The van der Waals surface area contributed by atoms with E-state index in [2.05, 4.69) is 73.7 Å². The van der Waals surface area contributed by atoms with Gasteiger partial charge in [-0.05, 0) is 75.7 Å². The predicted octanol–water partition coefficient (Wildman–Crippen LogP) is 6.54. The lowest BCUT2D eigenvalue weighted by molar-refractivity contribution is -0.191. The number of aryl methyl sites for hydroxylation is 1. The summed E-state index contributed by atoms with van der Waals surface area (Å²) in [5, 5.41) is 14.5. The van der Waals surface area contributed by atoms with Crippen molar-refractivity contribution in [3.8, 4) is 5.75 Å². The minimum Gasteiger partial charge on any atom is -0.508 e. The Morgan fingerprint density at radius 3 is 2.23 bits per heavy atom. The molecule has 0 heterocycles. The van der Waals surface area contributed by atoms with Gasteiger partial charge in [0.1, 0.15) is 5.75 Å². The van der Waals surface area contributed by atoms with E-state index in [4.69, 9.17) is 9.59 Å². The molecule has 0 aliphatic rings. The van der Waals surface area contributed by atoms with Crippen LogP contribution in [0.3, 0.4) is 0 Å². The van der Waals surface area contributed by atoms with E-state index in [0.717, 1.165) is 24.6 Å². The molecule has 4 aromatic rings. The predicted molar refractivity (Wildman–Crippen MR) is 121 cm³/mol. The van der Waals surface area contributed by atoms with Gasteiger partial charge in [-0.25, -0.2) is 0 Å². The minimum atomic E-state index is 0.250. The first kappa shape index (κ1) is 21.0. The van der Waals surface area contributed by atoms with E-state index >= 15 is 0 Å². The molecular weight excluding hydrogens is 372 g/mol. The zero-order valence-electron chi connectivity index (χ0n) is 17.0. The molecule has 0 aromatic heterocycles. The van der Waals surface area contributed by atoms with Gasteiger partial charge in [-0.2, -0.15) is 9.59 Å². The van der Waals surface area contributed by atoms with Gasteiger partial charge in [-0.1, -0.05) is 73.7 Å².